The van der Waals surface area contributed by atoms with E-state index in [-0.39, 0.29) is 5.38 Å². The molecule has 0 aliphatic carbocycles. The van der Waals surface area contributed by atoms with Gasteiger partial charge in [0, 0.05) is 9.50 Å². The van der Waals surface area contributed by atoms with Crippen molar-refractivity contribution >= 4 is 39.1 Å². The average molecular weight is 330 g/mol. The van der Waals surface area contributed by atoms with Crippen molar-refractivity contribution in [2.45, 2.75) is 12.3 Å². The molecule has 17 heavy (non-hydrogen) atoms. The van der Waals surface area contributed by atoms with E-state index in [0.717, 1.165) is 15.6 Å². The Bertz CT molecular complexity index is 520. The van der Waals surface area contributed by atoms with Crippen molar-refractivity contribution in [1.29, 1.82) is 0 Å². The third-order valence-electron chi connectivity index (χ3n) is 2.60. The molecule has 2 aromatic carbocycles. The highest BCUT2D eigenvalue weighted by atomic mass is 79.9. The maximum atomic E-state index is 6.47. The SMILES string of the molecule is Cc1ccc(C(Cl)c2cc(Cl)ccc2Br)cc1. The summed E-state index contributed by atoms with van der Waals surface area (Å²) in [6, 6.07) is 13.9. The molecule has 0 N–H and O–H groups in total. The van der Waals surface area contributed by atoms with E-state index in [9.17, 15) is 0 Å². The quantitative estimate of drug-likeness (QED) is 0.616. The first kappa shape index (κ1) is 12.9. The summed E-state index contributed by atoms with van der Waals surface area (Å²) in [5, 5.41) is 0.504. The number of hydrogen-bond acceptors (Lipinski definition) is 0. The zero-order valence-electron chi connectivity index (χ0n) is 9.25. The number of aryl methyl sites for hydroxylation is 1. The molecule has 0 nitrogen and oxygen atoms in total. The van der Waals surface area contributed by atoms with Crippen molar-refractivity contribution in [3.05, 3.63) is 68.7 Å². The summed E-state index contributed by atoms with van der Waals surface area (Å²) in [6.07, 6.45) is 0. The van der Waals surface area contributed by atoms with Gasteiger partial charge < -0.3 is 0 Å². The second-order valence-corrected chi connectivity index (χ2v) is 5.67. The molecular formula is C14H11BrCl2. The van der Waals surface area contributed by atoms with Gasteiger partial charge in [-0.15, -0.1) is 11.6 Å². The van der Waals surface area contributed by atoms with E-state index in [2.05, 4.69) is 35.0 Å². The van der Waals surface area contributed by atoms with Crippen molar-refractivity contribution in [1.82, 2.24) is 0 Å². The van der Waals surface area contributed by atoms with Crippen LogP contribution in [0.25, 0.3) is 0 Å². The molecule has 0 saturated heterocycles. The predicted octanol–water partition coefficient (Wildman–Crippen LogP) is 5.74. The van der Waals surface area contributed by atoms with Gasteiger partial charge in [0.2, 0.25) is 0 Å². The lowest BCUT2D eigenvalue weighted by molar-refractivity contribution is 1.12. The van der Waals surface area contributed by atoms with Crippen LogP contribution in [0.4, 0.5) is 0 Å². The summed E-state index contributed by atoms with van der Waals surface area (Å²) in [6.45, 7) is 2.06. The second kappa shape index (κ2) is 5.43. The van der Waals surface area contributed by atoms with E-state index < -0.39 is 0 Å². The van der Waals surface area contributed by atoms with Gasteiger partial charge >= 0.3 is 0 Å². The number of benzene rings is 2. The highest BCUT2D eigenvalue weighted by Gasteiger charge is 2.14. The summed E-state index contributed by atoms with van der Waals surface area (Å²) < 4.78 is 0.975. The molecule has 88 valence electrons. The van der Waals surface area contributed by atoms with Crippen molar-refractivity contribution in [3.8, 4) is 0 Å². The van der Waals surface area contributed by atoms with E-state index in [4.69, 9.17) is 23.2 Å². The van der Waals surface area contributed by atoms with Crippen LogP contribution in [0.2, 0.25) is 5.02 Å². The van der Waals surface area contributed by atoms with E-state index in [1.807, 2.05) is 30.3 Å². The minimum atomic E-state index is -0.191. The molecule has 0 aliphatic rings. The zero-order valence-corrected chi connectivity index (χ0v) is 12.4. The normalized spacial score (nSPS) is 12.5. The lowest BCUT2D eigenvalue weighted by Gasteiger charge is -2.13. The molecule has 3 heteroatoms. The lowest BCUT2D eigenvalue weighted by Crippen LogP contribution is -1.94. The molecule has 0 saturated carbocycles. The second-order valence-electron chi connectivity index (χ2n) is 3.94. The molecule has 1 atom stereocenters. The standard InChI is InChI=1S/C14H11BrCl2/c1-9-2-4-10(5-3-9)14(17)12-8-11(16)6-7-13(12)15/h2-8,14H,1H3. The summed E-state index contributed by atoms with van der Waals surface area (Å²) in [4.78, 5) is 0. The van der Waals surface area contributed by atoms with Gasteiger partial charge in [0.15, 0.2) is 0 Å². The fraction of sp³-hybridized carbons (Fsp3) is 0.143. The number of hydrogen-bond donors (Lipinski definition) is 0. The Morgan fingerprint density at radius 2 is 1.71 bits per heavy atom. The third-order valence-corrected chi connectivity index (χ3v) is 4.05. The van der Waals surface area contributed by atoms with Gasteiger partial charge in [0.05, 0.1) is 5.38 Å². The topological polar surface area (TPSA) is 0 Å². The molecule has 0 bridgehead atoms. The fourth-order valence-electron chi connectivity index (χ4n) is 1.62. The Balaban J connectivity index is 2.39. The van der Waals surface area contributed by atoms with Crippen molar-refractivity contribution in [2.75, 3.05) is 0 Å². The average Bonchev–Trinajstić information content (AvgIpc) is 2.32. The van der Waals surface area contributed by atoms with Crippen molar-refractivity contribution < 1.29 is 0 Å². The molecule has 0 fully saturated rings. The Morgan fingerprint density at radius 3 is 2.35 bits per heavy atom. The first-order chi connectivity index (χ1) is 8.08. The van der Waals surface area contributed by atoms with Crippen LogP contribution in [-0.4, -0.2) is 0 Å². The Labute approximate surface area is 120 Å². The summed E-state index contributed by atoms with van der Waals surface area (Å²) >= 11 is 16.0. The molecular weight excluding hydrogens is 319 g/mol. The zero-order chi connectivity index (χ0) is 12.4. The maximum Gasteiger partial charge on any atom is 0.0846 e. The van der Waals surface area contributed by atoms with Crippen LogP contribution in [0.15, 0.2) is 46.9 Å². The Hall–Kier alpha value is -0.500. The van der Waals surface area contributed by atoms with Gasteiger partial charge in [-0.1, -0.05) is 57.4 Å². The van der Waals surface area contributed by atoms with E-state index in [1.54, 1.807) is 0 Å². The van der Waals surface area contributed by atoms with E-state index >= 15 is 0 Å². The molecule has 1 unspecified atom stereocenters. The van der Waals surface area contributed by atoms with Gasteiger partial charge in [0.25, 0.3) is 0 Å². The Kier molecular flexibility index (Phi) is 4.13. The third kappa shape index (κ3) is 3.04. The molecule has 0 radical (unpaired) electrons. The molecule has 0 amide bonds. The van der Waals surface area contributed by atoms with Gasteiger partial charge in [-0.2, -0.15) is 0 Å². The largest absolute Gasteiger partial charge is 0.113 e. The van der Waals surface area contributed by atoms with Crippen LogP contribution in [0.1, 0.15) is 22.1 Å². The monoisotopic (exact) mass is 328 g/mol. The minimum absolute atomic E-state index is 0.191. The highest BCUT2D eigenvalue weighted by Crippen LogP contribution is 2.35. The number of halogens is 3. The number of rotatable bonds is 2. The van der Waals surface area contributed by atoms with Crippen LogP contribution in [-0.2, 0) is 0 Å². The predicted molar refractivity (Wildman–Crippen MR) is 78.0 cm³/mol. The molecule has 0 heterocycles. The van der Waals surface area contributed by atoms with Crippen LogP contribution in [0.5, 0.6) is 0 Å². The summed E-state index contributed by atoms with van der Waals surface area (Å²) in [5.74, 6) is 0. The molecule has 0 aromatic heterocycles. The Morgan fingerprint density at radius 1 is 1.06 bits per heavy atom. The van der Waals surface area contributed by atoms with Gasteiger partial charge in [-0.25, -0.2) is 0 Å². The number of alkyl halides is 1. The van der Waals surface area contributed by atoms with Gasteiger partial charge in [-0.05, 0) is 36.2 Å². The minimum Gasteiger partial charge on any atom is -0.113 e. The fourth-order valence-corrected chi connectivity index (χ4v) is 2.74. The highest BCUT2D eigenvalue weighted by molar-refractivity contribution is 9.10. The summed E-state index contributed by atoms with van der Waals surface area (Å²) in [7, 11) is 0. The molecule has 0 aliphatic heterocycles. The van der Waals surface area contributed by atoms with E-state index in [1.165, 1.54) is 5.56 Å². The maximum absolute atomic E-state index is 6.47. The molecule has 0 spiro atoms. The van der Waals surface area contributed by atoms with Crippen LogP contribution in [0.3, 0.4) is 0 Å². The van der Waals surface area contributed by atoms with Gasteiger partial charge in [0.1, 0.15) is 0 Å². The molecule has 2 aromatic rings. The summed E-state index contributed by atoms with van der Waals surface area (Å²) in [5.41, 5.74) is 3.28. The van der Waals surface area contributed by atoms with E-state index in [0.29, 0.717) is 5.02 Å². The first-order valence-corrected chi connectivity index (χ1v) is 6.84. The van der Waals surface area contributed by atoms with Crippen LogP contribution in [0, 0.1) is 6.92 Å². The van der Waals surface area contributed by atoms with Gasteiger partial charge in [-0.3, -0.25) is 0 Å². The molecule has 2 rings (SSSR count). The first-order valence-electron chi connectivity index (χ1n) is 5.23. The van der Waals surface area contributed by atoms with Crippen LogP contribution < -0.4 is 0 Å². The van der Waals surface area contributed by atoms with Crippen LogP contribution >= 0.6 is 39.1 Å². The van der Waals surface area contributed by atoms with Crippen molar-refractivity contribution in [3.63, 3.8) is 0 Å². The lowest BCUT2D eigenvalue weighted by atomic mass is 10.0. The smallest absolute Gasteiger partial charge is 0.0846 e. The van der Waals surface area contributed by atoms with Crippen molar-refractivity contribution in [2.24, 2.45) is 0 Å².